The van der Waals surface area contributed by atoms with Crippen LogP contribution in [0.25, 0.3) is 0 Å². The van der Waals surface area contributed by atoms with Crippen LogP contribution in [-0.2, 0) is 6.54 Å². The van der Waals surface area contributed by atoms with Gasteiger partial charge in [-0.25, -0.2) is 9.97 Å². The van der Waals surface area contributed by atoms with Crippen molar-refractivity contribution in [2.24, 2.45) is 5.73 Å². The molecule has 0 saturated carbocycles. The van der Waals surface area contributed by atoms with Crippen molar-refractivity contribution < 1.29 is 4.74 Å². The Hall–Kier alpha value is -1.53. The van der Waals surface area contributed by atoms with Gasteiger partial charge in [0.05, 0.1) is 6.20 Å². The van der Waals surface area contributed by atoms with Gasteiger partial charge in [-0.3, -0.25) is 4.98 Å². The van der Waals surface area contributed by atoms with Crippen LogP contribution in [0.4, 0.5) is 0 Å². The summed E-state index contributed by atoms with van der Waals surface area (Å²) < 4.78 is 6.24. The first-order valence-corrected chi connectivity index (χ1v) is 5.36. The maximum atomic E-state index is 5.44. The molecule has 0 fully saturated rings. The topological polar surface area (TPSA) is 73.9 Å². The van der Waals surface area contributed by atoms with Crippen molar-refractivity contribution >= 4 is 15.9 Å². The highest BCUT2D eigenvalue weighted by Crippen LogP contribution is 2.19. The molecule has 0 unspecified atom stereocenters. The number of hydrogen-bond acceptors (Lipinski definition) is 5. The Kier molecular flexibility index (Phi) is 3.43. The van der Waals surface area contributed by atoms with Gasteiger partial charge in [-0.2, -0.15) is 0 Å². The van der Waals surface area contributed by atoms with Crippen LogP contribution in [0.15, 0.2) is 35.3 Å². The number of ether oxygens (including phenoxy) is 1. The van der Waals surface area contributed by atoms with Crippen LogP contribution < -0.4 is 10.5 Å². The number of halogens is 1. The Balaban J connectivity index is 2.14. The van der Waals surface area contributed by atoms with Gasteiger partial charge in [-0.15, -0.1) is 0 Å². The highest BCUT2D eigenvalue weighted by molar-refractivity contribution is 9.10. The molecule has 82 valence electrons. The van der Waals surface area contributed by atoms with Crippen molar-refractivity contribution in [3.63, 3.8) is 0 Å². The lowest BCUT2D eigenvalue weighted by Gasteiger charge is -2.03. The molecule has 2 rings (SSSR count). The predicted octanol–water partition coefficient (Wildman–Crippen LogP) is 1.89. The van der Waals surface area contributed by atoms with Crippen molar-refractivity contribution in [3.05, 3.63) is 40.9 Å². The van der Waals surface area contributed by atoms with E-state index in [1.165, 1.54) is 0 Å². The molecule has 0 saturated heterocycles. The zero-order valence-corrected chi connectivity index (χ0v) is 9.89. The lowest BCUT2D eigenvalue weighted by atomic mass is 10.4. The molecule has 0 amide bonds. The summed E-state index contributed by atoms with van der Waals surface area (Å²) in [6.45, 7) is 0.415. The maximum absolute atomic E-state index is 5.44. The minimum absolute atomic E-state index is 0.275. The van der Waals surface area contributed by atoms with Crippen LogP contribution in [0.1, 0.15) is 5.56 Å². The van der Waals surface area contributed by atoms with Crippen molar-refractivity contribution in [2.75, 3.05) is 0 Å². The van der Waals surface area contributed by atoms with Gasteiger partial charge in [0.1, 0.15) is 0 Å². The zero-order valence-electron chi connectivity index (χ0n) is 8.30. The lowest BCUT2D eigenvalue weighted by molar-refractivity contribution is 0.439. The molecule has 5 nitrogen and oxygen atoms in total. The third kappa shape index (κ3) is 2.74. The van der Waals surface area contributed by atoms with E-state index in [4.69, 9.17) is 10.5 Å². The molecule has 2 heterocycles. The summed E-state index contributed by atoms with van der Waals surface area (Å²) in [4.78, 5) is 12.0. The Bertz CT molecular complexity index is 475. The fourth-order valence-corrected chi connectivity index (χ4v) is 1.40. The Morgan fingerprint density at radius 2 is 1.94 bits per heavy atom. The monoisotopic (exact) mass is 280 g/mol. The molecule has 0 spiro atoms. The van der Waals surface area contributed by atoms with E-state index in [1.54, 1.807) is 30.9 Å². The fraction of sp³-hybridized carbons (Fsp3) is 0.100. The van der Waals surface area contributed by atoms with E-state index in [1.807, 2.05) is 0 Å². The van der Waals surface area contributed by atoms with Crippen LogP contribution in [0, 0.1) is 0 Å². The first-order valence-electron chi connectivity index (χ1n) is 4.57. The van der Waals surface area contributed by atoms with Gasteiger partial charge in [0.25, 0.3) is 0 Å². The molecular weight excluding hydrogens is 272 g/mol. The minimum atomic E-state index is 0.275. The first-order chi connectivity index (χ1) is 7.78. The highest BCUT2D eigenvalue weighted by Gasteiger charge is 2.01. The molecule has 0 bridgehead atoms. The highest BCUT2D eigenvalue weighted by atomic mass is 79.9. The summed E-state index contributed by atoms with van der Waals surface area (Å²) in [5, 5.41) is 0. The molecule has 0 aliphatic carbocycles. The number of hydrogen-bond donors (Lipinski definition) is 1. The van der Waals surface area contributed by atoms with Gasteiger partial charge in [0.15, 0.2) is 5.75 Å². The summed E-state index contributed by atoms with van der Waals surface area (Å²) in [6.07, 6.45) is 6.53. The van der Waals surface area contributed by atoms with E-state index in [9.17, 15) is 0 Å². The predicted molar refractivity (Wildman–Crippen MR) is 61.9 cm³/mol. The molecule has 0 radical (unpaired) electrons. The molecule has 0 atom stereocenters. The van der Waals surface area contributed by atoms with Gasteiger partial charge >= 0.3 is 6.01 Å². The Morgan fingerprint density at radius 1 is 1.19 bits per heavy atom. The van der Waals surface area contributed by atoms with Crippen molar-refractivity contribution in [1.82, 2.24) is 15.0 Å². The molecule has 0 aromatic carbocycles. The summed E-state index contributed by atoms with van der Waals surface area (Å²) >= 11 is 3.30. The van der Waals surface area contributed by atoms with Crippen molar-refractivity contribution in [2.45, 2.75) is 6.54 Å². The van der Waals surface area contributed by atoms with E-state index in [2.05, 4.69) is 30.9 Å². The molecular formula is C10H9BrN4O. The average Bonchev–Trinajstić information content (AvgIpc) is 2.30. The second kappa shape index (κ2) is 5.00. The van der Waals surface area contributed by atoms with Crippen molar-refractivity contribution in [3.8, 4) is 11.8 Å². The van der Waals surface area contributed by atoms with Crippen LogP contribution in [0.3, 0.4) is 0 Å². The Morgan fingerprint density at radius 3 is 2.56 bits per heavy atom. The maximum Gasteiger partial charge on any atom is 0.321 e. The quantitative estimate of drug-likeness (QED) is 0.929. The van der Waals surface area contributed by atoms with Gasteiger partial charge in [0.2, 0.25) is 0 Å². The van der Waals surface area contributed by atoms with E-state index in [-0.39, 0.29) is 6.01 Å². The summed E-state index contributed by atoms with van der Waals surface area (Å²) in [7, 11) is 0. The number of nitrogens with zero attached hydrogens (tertiary/aromatic N) is 3. The van der Waals surface area contributed by atoms with E-state index >= 15 is 0 Å². The van der Waals surface area contributed by atoms with Gasteiger partial charge in [0, 0.05) is 35.2 Å². The number of nitrogens with two attached hydrogens (primary N) is 1. The fourth-order valence-electron chi connectivity index (χ4n) is 1.05. The SMILES string of the molecule is NCc1cnc(Oc2cncc(Br)c2)nc1. The van der Waals surface area contributed by atoms with Crippen molar-refractivity contribution in [1.29, 1.82) is 0 Å². The minimum Gasteiger partial charge on any atom is -0.423 e. The number of rotatable bonds is 3. The molecule has 2 N–H and O–H groups in total. The van der Waals surface area contributed by atoms with Crippen LogP contribution in [-0.4, -0.2) is 15.0 Å². The van der Waals surface area contributed by atoms with Gasteiger partial charge < -0.3 is 10.5 Å². The largest absolute Gasteiger partial charge is 0.423 e. The third-order valence-electron chi connectivity index (χ3n) is 1.81. The van der Waals surface area contributed by atoms with Crippen LogP contribution in [0.5, 0.6) is 11.8 Å². The smallest absolute Gasteiger partial charge is 0.321 e. The van der Waals surface area contributed by atoms with Gasteiger partial charge in [-0.1, -0.05) is 0 Å². The average molecular weight is 281 g/mol. The number of pyridine rings is 1. The van der Waals surface area contributed by atoms with E-state index in [0.717, 1.165) is 10.0 Å². The molecule has 16 heavy (non-hydrogen) atoms. The van der Waals surface area contributed by atoms with E-state index < -0.39 is 0 Å². The van der Waals surface area contributed by atoms with Crippen LogP contribution in [0.2, 0.25) is 0 Å². The van der Waals surface area contributed by atoms with Crippen LogP contribution >= 0.6 is 15.9 Å². The third-order valence-corrected chi connectivity index (χ3v) is 2.24. The standard InChI is InChI=1S/C10H9BrN4O/c11-8-1-9(6-13-5-8)16-10-14-3-7(2-12)4-15-10/h1,3-6H,2,12H2. The molecule has 6 heteroatoms. The normalized spacial score (nSPS) is 10.1. The lowest BCUT2D eigenvalue weighted by Crippen LogP contribution is -1.99. The molecule has 0 aliphatic heterocycles. The molecule has 2 aromatic heterocycles. The summed E-state index contributed by atoms with van der Waals surface area (Å²) in [5.74, 6) is 0.579. The summed E-state index contributed by atoms with van der Waals surface area (Å²) in [5.41, 5.74) is 6.30. The summed E-state index contributed by atoms with van der Waals surface area (Å²) in [6, 6.07) is 2.06. The number of aromatic nitrogens is 3. The van der Waals surface area contributed by atoms with Gasteiger partial charge in [-0.05, 0) is 22.0 Å². The second-order valence-corrected chi connectivity index (χ2v) is 3.93. The first kappa shape index (κ1) is 11.0. The van der Waals surface area contributed by atoms with E-state index in [0.29, 0.717) is 12.3 Å². The second-order valence-electron chi connectivity index (χ2n) is 3.02. The Labute approximate surface area is 101 Å². The molecule has 0 aliphatic rings. The zero-order chi connectivity index (χ0) is 11.4. The molecule has 2 aromatic rings.